The van der Waals surface area contributed by atoms with Gasteiger partial charge in [0, 0.05) is 16.5 Å². The molecule has 2 rings (SSSR count). The van der Waals surface area contributed by atoms with Crippen LogP contribution < -0.4 is 0 Å². The van der Waals surface area contributed by atoms with Crippen LogP contribution in [0.4, 0.5) is 0 Å². The second-order valence-electron chi connectivity index (χ2n) is 4.04. The minimum Gasteiger partial charge on any atom is -0.294 e. The van der Waals surface area contributed by atoms with E-state index in [4.69, 9.17) is 11.6 Å². The molecule has 0 spiro atoms. The SMILES string of the molecule is CC1C(=O)c2cc(Cl)ccc2S(=O)(=O)C1C. The van der Waals surface area contributed by atoms with Gasteiger partial charge in [-0.1, -0.05) is 18.5 Å². The van der Waals surface area contributed by atoms with Crippen molar-refractivity contribution < 1.29 is 13.2 Å². The van der Waals surface area contributed by atoms with Crippen LogP contribution in [0.1, 0.15) is 24.2 Å². The molecule has 2 atom stereocenters. The van der Waals surface area contributed by atoms with E-state index in [0.717, 1.165) is 0 Å². The van der Waals surface area contributed by atoms with Crippen molar-refractivity contribution in [2.24, 2.45) is 5.92 Å². The zero-order chi connectivity index (χ0) is 12.1. The maximum atomic E-state index is 12.1. The van der Waals surface area contributed by atoms with Gasteiger partial charge in [0.05, 0.1) is 10.1 Å². The summed E-state index contributed by atoms with van der Waals surface area (Å²) in [6.45, 7) is 3.20. The van der Waals surface area contributed by atoms with Gasteiger partial charge in [0.1, 0.15) is 0 Å². The van der Waals surface area contributed by atoms with E-state index >= 15 is 0 Å². The number of ketones is 1. The number of rotatable bonds is 0. The molecule has 2 unspecified atom stereocenters. The van der Waals surface area contributed by atoms with Gasteiger partial charge >= 0.3 is 0 Å². The predicted molar refractivity (Wildman–Crippen MR) is 61.6 cm³/mol. The van der Waals surface area contributed by atoms with Crippen LogP contribution in [-0.2, 0) is 9.84 Å². The zero-order valence-electron chi connectivity index (χ0n) is 8.90. The molecule has 0 aliphatic carbocycles. The number of carbonyl (C=O) groups excluding carboxylic acids is 1. The molecule has 1 aromatic rings. The van der Waals surface area contributed by atoms with E-state index in [1.54, 1.807) is 13.8 Å². The van der Waals surface area contributed by atoms with E-state index in [2.05, 4.69) is 0 Å². The molecule has 16 heavy (non-hydrogen) atoms. The van der Waals surface area contributed by atoms with Crippen molar-refractivity contribution in [3.8, 4) is 0 Å². The van der Waals surface area contributed by atoms with E-state index in [1.165, 1.54) is 18.2 Å². The van der Waals surface area contributed by atoms with Gasteiger partial charge in [0.25, 0.3) is 0 Å². The second-order valence-corrected chi connectivity index (χ2v) is 6.75. The monoisotopic (exact) mass is 258 g/mol. The molecule has 86 valence electrons. The van der Waals surface area contributed by atoms with Gasteiger partial charge in [0.15, 0.2) is 15.6 Å². The molecule has 1 aliphatic heterocycles. The molecule has 0 radical (unpaired) electrons. The van der Waals surface area contributed by atoms with Crippen molar-refractivity contribution in [3.05, 3.63) is 28.8 Å². The van der Waals surface area contributed by atoms with Gasteiger partial charge in [-0.25, -0.2) is 8.42 Å². The summed E-state index contributed by atoms with van der Waals surface area (Å²) in [6, 6.07) is 4.33. The third-order valence-electron chi connectivity index (χ3n) is 3.12. The van der Waals surface area contributed by atoms with Gasteiger partial charge in [0.2, 0.25) is 0 Å². The average Bonchev–Trinajstić information content (AvgIpc) is 2.24. The normalized spacial score (nSPS) is 27.6. The van der Waals surface area contributed by atoms with Gasteiger partial charge < -0.3 is 0 Å². The van der Waals surface area contributed by atoms with Crippen molar-refractivity contribution in [2.45, 2.75) is 24.0 Å². The first-order valence-corrected chi connectivity index (χ1v) is 6.86. The highest BCUT2D eigenvalue weighted by molar-refractivity contribution is 7.92. The fourth-order valence-corrected chi connectivity index (χ4v) is 3.83. The average molecular weight is 259 g/mol. The van der Waals surface area contributed by atoms with E-state index in [0.29, 0.717) is 5.02 Å². The quantitative estimate of drug-likeness (QED) is 0.718. The van der Waals surface area contributed by atoms with Crippen molar-refractivity contribution in [3.63, 3.8) is 0 Å². The van der Waals surface area contributed by atoms with Crippen LogP contribution in [0.25, 0.3) is 0 Å². The molecule has 0 amide bonds. The number of hydrogen-bond donors (Lipinski definition) is 0. The van der Waals surface area contributed by atoms with Crippen molar-refractivity contribution in [1.29, 1.82) is 0 Å². The fraction of sp³-hybridized carbons (Fsp3) is 0.364. The Labute approximate surface area is 99.3 Å². The molecule has 0 saturated heterocycles. The lowest BCUT2D eigenvalue weighted by Gasteiger charge is -2.26. The van der Waals surface area contributed by atoms with E-state index in [9.17, 15) is 13.2 Å². The Kier molecular flexibility index (Phi) is 2.59. The standard InChI is InChI=1S/C11H11ClO3S/c1-6-7(2)16(14,15)10-4-3-8(12)5-9(10)11(6)13/h3-7H,1-2H3. The number of sulfone groups is 1. The summed E-state index contributed by atoms with van der Waals surface area (Å²) >= 11 is 5.77. The lowest BCUT2D eigenvalue weighted by atomic mass is 9.96. The number of carbonyl (C=O) groups is 1. The van der Waals surface area contributed by atoms with Crippen LogP contribution >= 0.6 is 11.6 Å². The maximum Gasteiger partial charge on any atom is 0.182 e. The summed E-state index contributed by atoms with van der Waals surface area (Å²) in [5.41, 5.74) is 0.220. The number of benzene rings is 1. The first kappa shape index (κ1) is 11.6. The third kappa shape index (κ3) is 1.48. The molecule has 0 saturated carbocycles. The van der Waals surface area contributed by atoms with Crippen LogP contribution in [0.5, 0.6) is 0 Å². The van der Waals surface area contributed by atoms with Gasteiger partial charge in [-0.15, -0.1) is 0 Å². The van der Waals surface area contributed by atoms with Crippen molar-refractivity contribution in [2.75, 3.05) is 0 Å². The lowest BCUT2D eigenvalue weighted by Crippen LogP contribution is -2.36. The molecule has 0 bridgehead atoms. The number of hydrogen-bond acceptors (Lipinski definition) is 3. The van der Waals surface area contributed by atoms with Gasteiger partial charge in [-0.05, 0) is 25.1 Å². The van der Waals surface area contributed by atoms with E-state index in [1.807, 2.05) is 0 Å². The smallest absolute Gasteiger partial charge is 0.182 e. The Morgan fingerprint density at radius 1 is 1.25 bits per heavy atom. The fourth-order valence-electron chi connectivity index (χ4n) is 1.87. The van der Waals surface area contributed by atoms with Crippen LogP contribution in [0.15, 0.2) is 23.1 Å². The molecule has 0 N–H and O–H groups in total. The summed E-state index contributed by atoms with van der Waals surface area (Å²) in [5, 5.41) is -0.294. The van der Waals surface area contributed by atoms with E-state index in [-0.39, 0.29) is 16.2 Å². The largest absolute Gasteiger partial charge is 0.294 e. The first-order valence-electron chi connectivity index (χ1n) is 4.93. The molecule has 3 nitrogen and oxygen atoms in total. The Balaban J connectivity index is 2.79. The molecule has 5 heteroatoms. The highest BCUT2D eigenvalue weighted by atomic mass is 35.5. The van der Waals surface area contributed by atoms with Crippen LogP contribution in [0.2, 0.25) is 5.02 Å². The third-order valence-corrected chi connectivity index (χ3v) is 5.71. The Morgan fingerprint density at radius 2 is 1.88 bits per heavy atom. The highest BCUT2D eigenvalue weighted by Crippen LogP contribution is 2.34. The minimum atomic E-state index is -3.40. The van der Waals surface area contributed by atoms with Crippen molar-refractivity contribution >= 4 is 27.2 Å². The minimum absolute atomic E-state index is 0.104. The van der Waals surface area contributed by atoms with Crippen LogP contribution in [0, 0.1) is 5.92 Å². The molecular formula is C11H11ClO3S. The van der Waals surface area contributed by atoms with Crippen molar-refractivity contribution in [1.82, 2.24) is 0 Å². The number of halogens is 1. The Hall–Kier alpha value is -0.870. The van der Waals surface area contributed by atoms with Crippen LogP contribution in [-0.4, -0.2) is 19.5 Å². The molecule has 1 aromatic carbocycles. The molecule has 1 heterocycles. The highest BCUT2D eigenvalue weighted by Gasteiger charge is 2.40. The van der Waals surface area contributed by atoms with Crippen LogP contribution in [0.3, 0.4) is 0 Å². The second kappa shape index (κ2) is 3.57. The summed E-state index contributed by atoms with van der Waals surface area (Å²) < 4.78 is 24.2. The summed E-state index contributed by atoms with van der Waals surface area (Å²) in [5.74, 6) is -0.671. The topological polar surface area (TPSA) is 51.2 Å². The predicted octanol–water partition coefficient (Wildman–Crippen LogP) is 2.33. The molecular weight excluding hydrogens is 248 g/mol. The first-order chi connectivity index (χ1) is 7.35. The Morgan fingerprint density at radius 3 is 2.50 bits per heavy atom. The summed E-state index contributed by atoms with van der Waals surface area (Å²) in [7, 11) is -3.40. The lowest BCUT2D eigenvalue weighted by molar-refractivity contribution is 0.0920. The molecule has 1 aliphatic rings. The van der Waals surface area contributed by atoms with Gasteiger partial charge in [-0.3, -0.25) is 4.79 Å². The van der Waals surface area contributed by atoms with Gasteiger partial charge in [-0.2, -0.15) is 0 Å². The zero-order valence-corrected chi connectivity index (χ0v) is 10.5. The summed E-state index contributed by atoms with van der Waals surface area (Å²) in [6.07, 6.45) is 0. The number of Topliss-reactive ketones (excluding diaryl/α,β-unsaturated/α-hetero) is 1. The number of fused-ring (bicyclic) bond motifs is 1. The maximum absolute atomic E-state index is 12.1. The van der Waals surface area contributed by atoms with E-state index < -0.39 is 21.0 Å². The molecule has 0 fully saturated rings. The summed E-state index contributed by atoms with van der Waals surface area (Å²) in [4.78, 5) is 12.0. The molecule has 0 aromatic heterocycles. The Bertz CT molecular complexity index is 563.